The van der Waals surface area contributed by atoms with Crippen LogP contribution in [-0.4, -0.2) is 17.2 Å². The van der Waals surface area contributed by atoms with Gasteiger partial charge in [-0.3, -0.25) is 10.1 Å². The van der Waals surface area contributed by atoms with Gasteiger partial charge in [-0.05, 0) is 36.8 Å². The Kier molecular flexibility index (Phi) is 6.17. The summed E-state index contributed by atoms with van der Waals surface area (Å²) >= 11 is 1.26. The molecule has 2 N–H and O–H groups in total. The molecule has 0 aliphatic heterocycles. The first-order chi connectivity index (χ1) is 11.0. The van der Waals surface area contributed by atoms with Gasteiger partial charge in [-0.25, -0.2) is 9.18 Å². The minimum atomic E-state index is -0.537. The summed E-state index contributed by atoms with van der Waals surface area (Å²) in [4.78, 5) is 24.5. The Morgan fingerprint density at radius 1 is 1.09 bits per heavy atom. The smallest absolute Gasteiger partial charge is 0.321 e. The zero-order chi connectivity index (χ0) is 16.7. The van der Waals surface area contributed by atoms with E-state index in [0.29, 0.717) is 6.54 Å². The van der Waals surface area contributed by atoms with Gasteiger partial charge >= 0.3 is 6.03 Å². The Morgan fingerprint density at radius 3 is 2.39 bits per heavy atom. The fourth-order valence-corrected chi connectivity index (χ4v) is 2.67. The molecular weight excluding hydrogens is 315 g/mol. The van der Waals surface area contributed by atoms with Gasteiger partial charge in [0.2, 0.25) is 5.91 Å². The zero-order valence-electron chi connectivity index (χ0n) is 12.6. The molecule has 2 aromatic carbocycles. The van der Waals surface area contributed by atoms with E-state index in [-0.39, 0.29) is 5.82 Å². The lowest BCUT2D eigenvalue weighted by molar-refractivity contribution is -0.119. The van der Waals surface area contributed by atoms with Gasteiger partial charge in [0.05, 0.1) is 5.25 Å². The number of carbonyl (C=O) groups is 2. The highest BCUT2D eigenvalue weighted by molar-refractivity contribution is 8.00. The Morgan fingerprint density at radius 2 is 1.74 bits per heavy atom. The third-order valence-corrected chi connectivity index (χ3v) is 4.14. The van der Waals surface area contributed by atoms with E-state index in [9.17, 15) is 14.0 Å². The third kappa shape index (κ3) is 5.75. The maximum absolute atomic E-state index is 12.8. The normalized spacial score (nSPS) is 11.6. The van der Waals surface area contributed by atoms with Crippen LogP contribution >= 0.6 is 11.8 Å². The quantitative estimate of drug-likeness (QED) is 0.826. The second kappa shape index (κ2) is 8.33. The van der Waals surface area contributed by atoms with Gasteiger partial charge in [0.25, 0.3) is 0 Å². The van der Waals surface area contributed by atoms with Crippen molar-refractivity contribution in [2.45, 2.75) is 23.6 Å². The van der Waals surface area contributed by atoms with Gasteiger partial charge in [-0.1, -0.05) is 30.3 Å². The fraction of sp³-hybridized carbons (Fsp3) is 0.176. The number of rotatable bonds is 5. The summed E-state index contributed by atoms with van der Waals surface area (Å²) in [7, 11) is 0. The molecule has 0 aliphatic rings. The van der Waals surface area contributed by atoms with Crippen LogP contribution in [0.15, 0.2) is 59.5 Å². The van der Waals surface area contributed by atoms with E-state index in [1.54, 1.807) is 19.1 Å². The highest BCUT2D eigenvalue weighted by Crippen LogP contribution is 2.23. The lowest BCUT2D eigenvalue weighted by Gasteiger charge is -2.12. The molecule has 4 nitrogen and oxygen atoms in total. The second-order valence-corrected chi connectivity index (χ2v) is 6.29. The number of imide groups is 1. The summed E-state index contributed by atoms with van der Waals surface area (Å²) in [6.07, 6.45) is 0. The molecule has 0 aromatic heterocycles. The number of carbonyl (C=O) groups excluding carboxylic acids is 2. The maximum atomic E-state index is 12.8. The summed E-state index contributed by atoms with van der Waals surface area (Å²) in [5, 5.41) is 4.45. The first-order valence-electron chi connectivity index (χ1n) is 7.09. The number of hydrogen-bond acceptors (Lipinski definition) is 3. The largest absolute Gasteiger partial charge is 0.334 e. The van der Waals surface area contributed by atoms with Crippen LogP contribution in [0.1, 0.15) is 12.5 Å². The van der Waals surface area contributed by atoms with E-state index in [4.69, 9.17) is 0 Å². The molecule has 0 bridgehead atoms. The van der Waals surface area contributed by atoms with E-state index >= 15 is 0 Å². The molecule has 0 aliphatic carbocycles. The van der Waals surface area contributed by atoms with Crippen LogP contribution in [0.2, 0.25) is 0 Å². The molecular formula is C17H17FN2O2S. The van der Waals surface area contributed by atoms with Gasteiger partial charge in [0.1, 0.15) is 5.82 Å². The monoisotopic (exact) mass is 332 g/mol. The van der Waals surface area contributed by atoms with Crippen LogP contribution in [0, 0.1) is 5.82 Å². The molecule has 2 aromatic rings. The van der Waals surface area contributed by atoms with E-state index in [1.165, 1.54) is 23.9 Å². The van der Waals surface area contributed by atoms with Gasteiger partial charge in [-0.15, -0.1) is 11.8 Å². The van der Waals surface area contributed by atoms with Crippen molar-refractivity contribution in [3.05, 3.63) is 66.0 Å². The van der Waals surface area contributed by atoms with Gasteiger partial charge in [-0.2, -0.15) is 0 Å². The van der Waals surface area contributed by atoms with Crippen molar-refractivity contribution < 1.29 is 14.0 Å². The average molecular weight is 332 g/mol. The molecule has 1 atom stereocenters. The van der Waals surface area contributed by atoms with Crippen molar-refractivity contribution in [3.8, 4) is 0 Å². The standard InChI is InChI=1S/C17H17FN2O2S/c1-12(23-15-9-7-14(18)8-10-15)16(21)20-17(22)19-11-13-5-3-2-4-6-13/h2-10,12H,11H2,1H3,(H2,19,20,21,22)/t12-/m1/s1. The van der Waals surface area contributed by atoms with Gasteiger partial charge in [0.15, 0.2) is 0 Å². The van der Waals surface area contributed by atoms with Crippen LogP contribution < -0.4 is 10.6 Å². The van der Waals surface area contributed by atoms with Crippen molar-refractivity contribution in [1.29, 1.82) is 0 Å². The summed E-state index contributed by atoms with van der Waals surface area (Å²) in [5.74, 6) is -0.725. The number of hydrogen-bond donors (Lipinski definition) is 2. The number of halogens is 1. The topological polar surface area (TPSA) is 58.2 Å². The van der Waals surface area contributed by atoms with Gasteiger partial charge < -0.3 is 5.32 Å². The lowest BCUT2D eigenvalue weighted by atomic mass is 10.2. The highest BCUT2D eigenvalue weighted by atomic mass is 32.2. The predicted molar refractivity (Wildman–Crippen MR) is 88.5 cm³/mol. The molecule has 0 saturated carbocycles. The number of thioether (sulfide) groups is 1. The molecule has 3 amide bonds. The van der Waals surface area contributed by atoms with Crippen LogP contribution in [0.3, 0.4) is 0 Å². The summed E-state index contributed by atoms with van der Waals surface area (Å²) < 4.78 is 12.8. The minimum Gasteiger partial charge on any atom is -0.334 e. The molecule has 2 rings (SSSR count). The Hall–Kier alpha value is -2.34. The molecule has 0 fully saturated rings. The molecule has 0 spiro atoms. The molecule has 0 saturated heterocycles. The Labute approximate surface area is 138 Å². The van der Waals surface area contributed by atoms with E-state index in [1.807, 2.05) is 30.3 Å². The van der Waals surface area contributed by atoms with Crippen molar-refractivity contribution in [2.24, 2.45) is 0 Å². The number of nitrogens with one attached hydrogen (secondary N) is 2. The summed E-state index contributed by atoms with van der Waals surface area (Å²) in [6, 6.07) is 14.7. The van der Waals surface area contributed by atoms with E-state index < -0.39 is 17.2 Å². The summed E-state index contributed by atoms with van der Waals surface area (Å²) in [5.41, 5.74) is 0.948. The van der Waals surface area contributed by atoms with Crippen molar-refractivity contribution in [2.75, 3.05) is 0 Å². The average Bonchev–Trinajstić information content (AvgIpc) is 2.56. The van der Waals surface area contributed by atoms with Crippen LogP contribution in [0.25, 0.3) is 0 Å². The SMILES string of the molecule is C[C@@H](Sc1ccc(F)cc1)C(=O)NC(=O)NCc1ccccc1. The van der Waals surface area contributed by atoms with Crippen molar-refractivity contribution in [1.82, 2.24) is 10.6 Å². The number of benzene rings is 2. The lowest BCUT2D eigenvalue weighted by Crippen LogP contribution is -2.42. The molecule has 120 valence electrons. The molecule has 6 heteroatoms. The first kappa shape index (κ1) is 17.0. The number of urea groups is 1. The second-order valence-electron chi connectivity index (χ2n) is 4.87. The minimum absolute atomic E-state index is 0.327. The number of amides is 3. The van der Waals surface area contributed by atoms with Crippen LogP contribution in [0.4, 0.5) is 9.18 Å². The van der Waals surface area contributed by atoms with Crippen LogP contribution in [-0.2, 0) is 11.3 Å². The Bertz CT molecular complexity index is 662. The van der Waals surface area contributed by atoms with Crippen molar-refractivity contribution in [3.63, 3.8) is 0 Å². The van der Waals surface area contributed by atoms with E-state index in [0.717, 1.165) is 10.5 Å². The maximum Gasteiger partial charge on any atom is 0.321 e. The van der Waals surface area contributed by atoms with Crippen LogP contribution in [0.5, 0.6) is 0 Å². The highest BCUT2D eigenvalue weighted by Gasteiger charge is 2.16. The summed E-state index contributed by atoms with van der Waals surface area (Å²) in [6.45, 7) is 2.03. The molecule has 0 heterocycles. The Balaban J connectivity index is 1.78. The predicted octanol–water partition coefficient (Wildman–Crippen LogP) is 3.33. The first-order valence-corrected chi connectivity index (χ1v) is 7.97. The zero-order valence-corrected chi connectivity index (χ0v) is 13.4. The third-order valence-electron chi connectivity index (χ3n) is 3.03. The fourth-order valence-electron chi connectivity index (χ4n) is 1.81. The van der Waals surface area contributed by atoms with E-state index in [2.05, 4.69) is 10.6 Å². The molecule has 23 heavy (non-hydrogen) atoms. The van der Waals surface area contributed by atoms with Gasteiger partial charge in [0, 0.05) is 11.4 Å². The molecule has 0 radical (unpaired) electrons. The molecule has 0 unspecified atom stereocenters. The van der Waals surface area contributed by atoms with Crippen molar-refractivity contribution >= 4 is 23.7 Å².